The SMILES string of the molecule is CSc1nccc(N2CCC3(CC2)CC(O)CN(c2noc(C)n2)C3)n1. The molecule has 8 nitrogen and oxygen atoms in total. The van der Waals surface area contributed by atoms with E-state index in [1.165, 1.54) is 0 Å². The van der Waals surface area contributed by atoms with Gasteiger partial charge in [-0.2, -0.15) is 4.98 Å². The summed E-state index contributed by atoms with van der Waals surface area (Å²) in [6.45, 7) is 5.06. The minimum absolute atomic E-state index is 0.0814. The molecule has 2 aromatic heterocycles. The lowest BCUT2D eigenvalue weighted by Gasteiger charge is -2.49. The highest BCUT2D eigenvalue weighted by molar-refractivity contribution is 7.98. The zero-order valence-electron chi connectivity index (χ0n) is 15.1. The monoisotopic (exact) mass is 376 g/mol. The number of β-amino-alcohol motifs (C(OH)–C–C–N with tert-alkyl or cyclic N) is 1. The maximum Gasteiger partial charge on any atom is 0.266 e. The first-order valence-electron chi connectivity index (χ1n) is 8.92. The third-order valence-electron chi connectivity index (χ3n) is 5.38. The Morgan fingerprint density at radius 1 is 1.27 bits per heavy atom. The van der Waals surface area contributed by atoms with E-state index in [1.54, 1.807) is 18.7 Å². The van der Waals surface area contributed by atoms with Crippen molar-refractivity contribution in [2.45, 2.75) is 37.4 Å². The first-order chi connectivity index (χ1) is 12.6. The van der Waals surface area contributed by atoms with E-state index in [1.807, 2.05) is 18.5 Å². The summed E-state index contributed by atoms with van der Waals surface area (Å²) in [6, 6.07) is 1.97. The highest BCUT2D eigenvalue weighted by Gasteiger charge is 2.42. The number of thioether (sulfide) groups is 1. The van der Waals surface area contributed by atoms with E-state index in [-0.39, 0.29) is 11.5 Å². The molecule has 2 aliphatic rings. The van der Waals surface area contributed by atoms with E-state index in [2.05, 4.69) is 29.9 Å². The summed E-state index contributed by atoms with van der Waals surface area (Å²) < 4.78 is 5.12. The average molecular weight is 376 g/mol. The van der Waals surface area contributed by atoms with Crippen LogP contribution in [-0.2, 0) is 0 Å². The molecule has 2 saturated heterocycles. The first-order valence-corrected chi connectivity index (χ1v) is 10.1. The number of aliphatic hydroxyl groups is 1. The lowest BCUT2D eigenvalue weighted by atomic mass is 9.71. The minimum Gasteiger partial charge on any atom is -0.391 e. The molecule has 1 N–H and O–H groups in total. The van der Waals surface area contributed by atoms with Crippen molar-refractivity contribution in [2.75, 3.05) is 42.2 Å². The van der Waals surface area contributed by atoms with E-state index in [0.717, 1.165) is 49.9 Å². The Balaban J connectivity index is 1.46. The topological polar surface area (TPSA) is 91.4 Å². The second-order valence-corrected chi connectivity index (χ2v) is 8.01. The van der Waals surface area contributed by atoms with Crippen LogP contribution in [0.1, 0.15) is 25.2 Å². The van der Waals surface area contributed by atoms with Crippen LogP contribution in [0.3, 0.4) is 0 Å². The molecule has 0 aliphatic carbocycles. The molecule has 4 rings (SSSR count). The molecule has 0 saturated carbocycles. The van der Waals surface area contributed by atoms with Gasteiger partial charge in [-0.05, 0) is 42.2 Å². The summed E-state index contributed by atoms with van der Waals surface area (Å²) in [6.07, 6.45) is 6.29. The van der Waals surface area contributed by atoms with Crippen molar-refractivity contribution in [1.29, 1.82) is 0 Å². The van der Waals surface area contributed by atoms with Crippen LogP contribution in [0.2, 0.25) is 0 Å². The fraction of sp³-hybridized carbons (Fsp3) is 0.647. The molecular formula is C17H24N6O2S. The third-order valence-corrected chi connectivity index (χ3v) is 5.94. The molecule has 0 amide bonds. The standard InChI is InChI=1S/C17H24N6O2S/c1-12-19-15(21-25-12)23-10-13(24)9-17(11-23)4-7-22(8-5-17)14-3-6-18-16(20-14)26-2/h3,6,13,24H,4-5,7-11H2,1-2H3. The maximum absolute atomic E-state index is 10.5. The van der Waals surface area contributed by atoms with Gasteiger partial charge in [-0.25, -0.2) is 9.97 Å². The fourth-order valence-corrected chi connectivity index (χ4v) is 4.45. The molecule has 1 atom stereocenters. The second-order valence-electron chi connectivity index (χ2n) is 7.24. The van der Waals surface area contributed by atoms with Crippen molar-refractivity contribution in [1.82, 2.24) is 20.1 Å². The van der Waals surface area contributed by atoms with Crippen LogP contribution in [-0.4, -0.2) is 63.8 Å². The van der Waals surface area contributed by atoms with Gasteiger partial charge in [-0.1, -0.05) is 11.8 Å². The molecule has 0 bridgehead atoms. The van der Waals surface area contributed by atoms with Crippen LogP contribution < -0.4 is 9.80 Å². The molecule has 2 fully saturated rings. The van der Waals surface area contributed by atoms with Gasteiger partial charge < -0.3 is 19.4 Å². The molecule has 0 radical (unpaired) electrons. The van der Waals surface area contributed by atoms with E-state index in [4.69, 9.17) is 4.52 Å². The summed E-state index contributed by atoms with van der Waals surface area (Å²) >= 11 is 1.56. The summed E-state index contributed by atoms with van der Waals surface area (Å²) in [5.41, 5.74) is 0.0814. The van der Waals surface area contributed by atoms with E-state index >= 15 is 0 Å². The van der Waals surface area contributed by atoms with Crippen LogP contribution in [0, 0.1) is 12.3 Å². The first kappa shape index (κ1) is 17.5. The van der Waals surface area contributed by atoms with Crippen LogP contribution in [0.4, 0.5) is 11.8 Å². The lowest BCUT2D eigenvalue weighted by molar-refractivity contribution is 0.0589. The molecule has 2 aliphatic heterocycles. The zero-order valence-corrected chi connectivity index (χ0v) is 15.9. The molecule has 4 heterocycles. The van der Waals surface area contributed by atoms with Gasteiger partial charge in [0.25, 0.3) is 5.95 Å². The minimum atomic E-state index is -0.365. The Bertz CT molecular complexity index is 761. The molecule has 1 unspecified atom stereocenters. The number of nitrogens with zero attached hydrogens (tertiary/aromatic N) is 6. The predicted molar refractivity (Wildman–Crippen MR) is 99.6 cm³/mol. The fourth-order valence-electron chi connectivity index (χ4n) is 4.10. The largest absolute Gasteiger partial charge is 0.391 e. The van der Waals surface area contributed by atoms with Crippen LogP contribution >= 0.6 is 11.8 Å². The Hall–Kier alpha value is -1.87. The Morgan fingerprint density at radius 2 is 2.08 bits per heavy atom. The van der Waals surface area contributed by atoms with Gasteiger partial charge in [0.1, 0.15) is 5.82 Å². The van der Waals surface area contributed by atoms with Crippen molar-refractivity contribution < 1.29 is 9.63 Å². The number of anilines is 2. The van der Waals surface area contributed by atoms with Gasteiger partial charge in [0.15, 0.2) is 5.16 Å². The number of piperidine rings is 2. The van der Waals surface area contributed by atoms with Crippen LogP contribution in [0.5, 0.6) is 0 Å². The third kappa shape index (κ3) is 3.50. The molecular weight excluding hydrogens is 352 g/mol. The van der Waals surface area contributed by atoms with Crippen molar-refractivity contribution in [2.24, 2.45) is 5.41 Å². The number of aliphatic hydroxyl groups excluding tert-OH is 1. The van der Waals surface area contributed by atoms with Gasteiger partial charge >= 0.3 is 0 Å². The van der Waals surface area contributed by atoms with Crippen molar-refractivity contribution in [3.05, 3.63) is 18.2 Å². The Morgan fingerprint density at radius 3 is 2.77 bits per heavy atom. The van der Waals surface area contributed by atoms with Gasteiger partial charge in [-0.3, -0.25) is 0 Å². The molecule has 0 aromatic carbocycles. The second kappa shape index (κ2) is 7.03. The summed E-state index contributed by atoms with van der Waals surface area (Å²) in [4.78, 5) is 17.6. The lowest BCUT2D eigenvalue weighted by Crippen LogP contribution is -2.54. The van der Waals surface area contributed by atoms with E-state index in [9.17, 15) is 5.11 Å². The van der Waals surface area contributed by atoms with Crippen LogP contribution in [0.15, 0.2) is 21.9 Å². The summed E-state index contributed by atoms with van der Waals surface area (Å²) in [5, 5.41) is 15.3. The van der Waals surface area contributed by atoms with Crippen LogP contribution in [0.25, 0.3) is 0 Å². The normalized spacial score (nSPS) is 22.8. The van der Waals surface area contributed by atoms with Crippen molar-refractivity contribution >= 4 is 23.5 Å². The number of hydrogen-bond donors (Lipinski definition) is 1. The number of aromatic nitrogens is 4. The maximum atomic E-state index is 10.5. The molecule has 26 heavy (non-hydrogen) atoms. The zero-order chi connectivity index (χ0) is 18.1. The summed E-state index contributed by atoms with van der Waals surface area (Å²) in [5.74, 6) is 2.13. The highest BCUT2D eigenvalue weighted by Crippen LogP contribution is 2.41. The van der Waals surface area contributed by atoms with E-state index in [0.29, 0.717) is 18.4 Å². The smallest absolute Gasteiger partial charge is 0.266 e. The molecule has 9 heteroatoms. The van der Waals surface area contributed by atoms with Crippen molar-refractivity contribution in [3.8, 4) is 0 Å². The summed E-state index contributed by atoms with van der Waals surface area (Å²) in [7, 11) is 0. The average Bonchev–Trinajstić information content (AvgIpc) is 3.08. The highest BCUT2D eigenvalue weighted by atomic mass is 32.2. The Labute approximate surface area is 157 Å². The number of hydrogen-bond acceptors (Lipinski definition) is 9. The van der Waals surface area contributed by atoms with Gasteiger partial charge in [0.2, 0.25) is 5.89 Å². The quantitative estimate of drug-likeness (QED) is 0.635. The number of rotatable bonds is 3. The molecule has 2 aromatic rings. The van der Waals surface area contributed by atoms with Crippen molar-refractivity contribution in [3.63, 3.8) is 0 Å². The van der Waals surface area contributed by atoms with Gasteiger partial charge in [0.05, 0.1) is 6.10 Å². The van der Waals surface area contributed by atoms with Gasteiger partial charge in [0, 0.05) is 39.3 Å². The van der Waals surface area contributed by atoms with Gasteiger partial charge in [-0.15, -0.1) is 0 Å². The molecule has 140 valence electrons. The predicted octanol–water partition coefficient (Wildman–Crippen LogP) is 1.75. The molecule has 1 spiro atoms. The number of aryl methyl sites for hydroxylation is 1. The Kier molecular flexibility index (Phi) is 4.74. The van der Waals surface area contributed by atoms with E-state index < -0.39 is 0 Å².